The zero-order chi connectivity index (χ0) is 25.2. The lowest BCUT2D eigenvalue weighted by atomic mass is 9.52. The average Bonchev–Trinajstić information content (AvgIpc) is 2.84. The predicted molar refractivity (Wildman–Crippen MR) is 119 cm³/mol. The van der Waals surface area contributed by atoms with E-state index in [1.165, 1.54) is 42.7 Å². The van der Waals surface area contributed by atoms with Gasteiger partial charge in [0.2, 0.25) is 11.5 Å². The molecule has 3 rings (SSSR count). The van der Waals surface area contributed by atoms with Gasteiger partial charge in [-0.2, -0.15) is 0 Å². The van der Waals surface area contributed by atoms with Gasteiger partial charge in [-0.15, -0.1) is 0 Å². The molecular formula is C24H28O10. The minimum atomic E-state index is -0.896. The molecule has 1 aliphatic carbocycles. The second kappa shape index (κ2) is 9.98. The topological polar surface area (TPSA) is 130 Å². The molecule has 0 aromatic heterocycles. The van der Waals surface area contributed by atoms with Gasteiger partial charge in [0, 0.05) is 11.8 Å². The zero-order valence-corrected chi connectivity index (χ0v) is 19.8. The molecule has 0 unspecified atom stereocenters. The molecule has 0 bridgehead atoms. The van der Waals surface area contributed by atoms with Gasteiger partial charge in [-0.05, 0) is 35.4 Å². The number of phenolic OH excluding ortho intramolecular Hbond substituents is 2. The van der Waals surface area contributed by atoms with Crippen LogP contribution >= 0.6 is 0 Å². The molecule has 0 amide bonds. The van der Waals surface area contributed by atoms with Crippen molar-refractivity contribution in [3.05, 3.63) is 35.4 Å². The first-order chi connectivity index (χ1) is 16.3. The van der Waals surface area contributed by atoms with E-state index >= 15 is 0 Å². The van der Waals surface area contributed by atoms with Gasteiger partial charge in [0.15, 0.2) is 23.0 Å². The number of phenols is 2. The van der Waals surface area contributed by atoms with Crippen molar-refractivity contribution in [3.8, 4) is 34.5 Å². The summed E-state index contributed by atoms with van der Waals surface area (Å²) < 4.78 is 31.2. The van der Waals surface area contributed by atoms with Crippen molar-refractivity contribution in [2.45, 2.75) is 11.8 Å². The Hall–Kier alpha value is -3.82. The molecule has 1 aliphatic rings. The highest BCUT2D eigenvalue weighted by molar-refractivity contribution is 5.87. The lowest BCUT2D eigenvalue weighted by molar-refractivity contribution is -0.168. The molecular weight excluding hydrogens is 448 g/mol. The lowest BCUT2D eigenvalue weighted by Gasteiger charge is -2.49. The van der Waals surface area contributed by atoms with Gasteiger partial charge in [0.05, 0.1) is 54.5 Å². The van der Waals surface area contributed by atoms with E-state index in [1.807, 2.05) is 0 Å². The molecule has 0 aliphatic heterocycles. The van der Waals surface area contributed by atoms with Gasteiger partial charge in [0.25, 0.3) is 0 Å². The standard InChI is InChI=1S/C24H28O10/c1-29-13-7-11(8-14(30-2)21(13)25)17-18(20(24(28)34-6)19(17)23(27)33-5)12-9-15(31-3)22(26)16(10-12)32-4/h7-10,17-20,25-26H,1-6H3/t17-,18-,19+,20+/m0/s1. The van der Waals surface area contributed by atoms with Crippen LogP contribution in [-0.4, -0.2) is 64.8 Å². The summed E-state index contributed by atoms with van der Waals surface area (Å²) in [6.07, 6.45) is 0. The molecule has 1 saturated carbocycles. The van der Waals surface area contributed by atoms with Crippen molar-refractivity contribution in [1.29, 1.82) is 0 Å². The summed E-state index contributed by atoms with van der Waals surface area (Å²) >= 11 is 0. The predicted octanol–water partition coefficient (Wildman–Crippen LogP) is 2.59. The molecule has 1 fully saturated rings. The fraction of sp³-hybridized carbons (Fsp3) is 0.417. The number of ether oxygens (including phenoxy) is 6. The van der Waals surface area contributed by atoms with Crippen LogP contribution in [0.1, 0.15) is 23.0 Å². The summed E-state index contributed by atoms with van der Waals surface area (Å²) in [5.41, 5.74) is 1.14. The van der Waals surface area contributed by atoms with Gasteiger partial charge in [-0.25, -0.2) is 0 Å². The van der Waals surface area contributed by atoms with E-state index in [9.17, 15) is 19.8 Å². The molecule has 2 N–H and O–H groups in total. The number of aromatic hydroxyl groups is 2. The molecule has 0 spiro atoms. The quantitative estimate of drug-likeness (QED) is 0.548. The molecule has 2 aromatic carbocycles. The van der Waals surface area contributed by atoms with E-state index in [-0.39, 0.29) is 34.5 Å². The number of hydrogen-bond acceptors (Lipinski definition) is 10. The molecule has 0 saturated heterocycles. The Morgan fingerprint density at radius 2 is 0.853 bits per heavy atom. The van der Waals surface area contributed by atoms with Gasteiger partial charge in [-0.1, -0.05) is 0 Å². The summed E-state index contributed by atoms with van der Waals surface area (Å²) in [6.45, 7) is 0. The fourth-order valence-electron chi connectivity index (χ4n) is 4.65. The highest BCUT2D eigenvalue weighted by Gasteiger charge is 2.60. The van der Waals surface area contributed by atoms with E-state index < -0.39 is 35.6 Å². The number of carbonyl (C=O) groups excluding carboxylic acids is 2. The van der Waals surface area contributed by atoms with Crippen molar-refractivity contribution < 1.29 is 48.2 Å². The van der Waals surface area contributed by atoms with Crippen LogP contribution < -0.4 is 18.9 Å². The molecule has 0 heterocycles. The van der Waals surface area contributed by atoms with Crippen LogP contribution in [-0.2, 0) is 19.1 Å². The number of benzene rings is 2. The van der Waals surface area contributed by atoms with Crippen molar-refractivity contribution in [2.24, 2.45) is 11.8 Å². The first-order valence-corrected chi connectivity index (χ1v) is 10.3. The van der Waals surface area contributed by atoms with E-state index in [0.717, 1.165) is 0 Å². The lowest BCUT2D eigenvalue weighted by Crippen LogP contribution is -2.52. The van der Waals surface area contributed by atoms with Crippen LogP contribution in [0.5, 0.6) is 34.5 Å². The molecule has 10 heteroatoms. The van der Waals surface area contributed by atoms with Crippen molar-refractivity contribution in [3.63, 3.8) is 0 Å². The number of rotatable bonds is 8. The Morgan fingerprint density at radius 1 is 0.588 bits per heavy atom. The Kier molecular flexibility index (Phi) is 7.29. The Balaban J connectivity index is 2.27. The van der Waals surface area contributed by atoms with Crippen molar-refractivity contribution >= 4 is 11.9 Å². The molecule has 4 atom stereocenters. The van der Waals surface area contributed by atoms with E-state index in [2.05, 4.69) is 0 Å². The maximum atomic E-state index is 12.8. The van der Waals surface area contributed by atoms with Crippen LogP contribution in [0.4, 0.5) is 0 Å². The molecule has 10 nitrogen and oxygen atoms in total. The Labute approximate surface area is 196 Å². The van der Waals surface area contributed by atoms with Crippen LogP contribution in [0, 0.1) is 11.8 Å². The van der Waals surface area contributed by atoms with Gasteiger partial charge >= 0.3 is 11.9 Å². The second-order valence-electron chi connectivity index (χ2n) is 7.70. The summed E-state index contributed by atoms with van der Waals surface area (Å²) in [6, 6.07) is 6.31. The number of methoxy groups -OCH3 is 6. The highest BCUT2D eigenvalue weighted by Crippen LogP contribution is 2.61. The maximum absolute atomic E-state index is 12.8. The summed E-state index contributed by atoms with van der Waals surface area (Å²) in [5.74, 6) is -4.03. The summed E-state index contributed by atoms with van der Waals surface area (Å²) in [4.78, 5) is 25.7. The third-order valence-corrected chi connectivity index (χ3v) is 6.27. The van der Waals surface area contributed by atoms with Crippen molar-refractivity contribution in [1.82, 2.24) is 0 Å². The monoisotopic (exact) mass is 476 g/mol. The third kappa shape index (κ3) is 4.00. The normalized spacial score (nSPS) is 21.1. The Bertz CT molecular complexity index is 944. The smallest absolute Gasteiger partial charge is 0.310 e. The zero-order valence-electron chi connectivity index (χ0n) is 19.8. The third-order valence-electron chi connectivity index (χ3n) is 6.27. The summed E-state index contributed by atoms with van der Waals surface area (Å²) in [5, 5.41) is 20.7. The number of hydrogen-bond donors (Lipinski definition) is 2. The average molecular weight is 476 g/mol. The minimum Gasteiger partial charge on any atom is -0.502 e. The van der Waals surface area contributed by atoms with Crippen LogP contribution in [0.2, 0.25) is 0 Å². The van der Waals surface area contributed by atoms with E-state index in [0.29, 0.717) is 11.1 Å². The van der Waals surface area contributed by atoms with E-state index in [1.54, 1.807) is 24.3 Å². The van der Waals surface area contributed by atoms with E-state index in [4.69, 9.17) is 28.4 Å². The molecule has 34 heavy (non-hydrogen) atoms. The SMILES string of the molecule is COC(=O)[C@H]1[C@H](C(=O)OC)[C@@H](c2cc(OC)c(O)c(OC)c2)[C@@H]1c1cc(OC)c(O)c(OC)c1. The number of esters is 2. The van der Waals surface area contributed by atoms with Crippen LogP contribution in [0.25, 0.3) is 0 Å². The molecule has 0 radical (unpaired) electrons. The second-order valence-corrected chi connectivity index (χ2v) is 7.70. The Morgan fingerprint density at radius 3 is 1.06 bits per heavy atom. The van der Waals surface area contributed by atoms with Crippen LogP contribution in [0.3, 0.4) is 0 Å². The first-order valence-electron chi connectivity index (χ1n) is 10.3. The minimum absolute atomic E-state index is 0.138. The first kappa shape index (κ1) is 24.8. The highest BCUT2D eigenvalue weighted by atomic mass is 16.5. The molecule has 2 aromatic rings. The molecule has 184 valence electrons. The van der Waals surface area contributed by atoms with Gasteiger partial charge in [0.1, 0.15) is 0 Å². The van der Waals surface area contributed by atoms with Crippen LogP contribution in [0.15, 0.2) is 24.3 Å². The fourth-order valence-corrected chi connectivity index (χ4v) is 4.65. The van der Waals surface area contributed by atoms with Gasteiger partial charge in [-0.3, -0.25) is 9.59 Å². The van der Waals surface area contributed by atoms with Crippen molar-refractivity contribution in [2.75, 3.05) is 42.7 Å². The maximum Gasteiger partial charge on any atom is 0.310 e. The number of carbonyl (C=O) groups is 2. The van der Waals surface area contributed by atoms with Gasteiger partial charge < -0.3 is 38.6 Å². The summed E-state index contributed by atoms with van der Waals surface area (Å²) in [7, 11) is 8.04. The largest absolute Gasteiger partial charge is 0.502 e.